The fourth-order valence-electron chi connectivity index (χ4n) is 0.532. The Balaban J connectivity index is 2.28. The molecule has 0 aromatic heterocycles. The quantitative estimate of drug-likeness (QED) is 0.469. The Bertz CT molecular complexity index is 71.7. The molecule has 0 aromatic carbocycles. The molecule has 1 unspecified atom stereocenters. The van der Waals surface area contributed by atoms with Gasteiger partial charge in [0, 0.05) is 6.16 Å². The largest absolute Gasteiger partial charge is 0.294 e. The van der Waals surface area contributed by atoms with Crippen LogP contribution in [0.4, 0.5) is 0 Å². The van der Waals surface area contributed by atoms with Crippen molar-refractivity contribution in [3.05, 3.63) is 0 Å². The predicted octanol–water partition coefficient (Wildman–Crippen LogP) is 0.283. The number of nitrogens with zero attached hydrogens (tertiary/aromatic N) is 1. The standard InChI is InChI=1S/C3H9N2O2P/c4-8-3-1-2-7-5(8)6/h6H,1-4H2. The second kappa shape index (κ2) is 2.71. The lowest BCUT2D eigenvalue weighted by atomic mass is 10.5. The fraction of sp³-hybridized carbons (Fsp3) is 1.00. The SMILES string of the molecule is NP1CCCON1O. The Morgan fingerprint density at radius 1 is 1.75 bits per heavy atom. The van der Waals surface area contributed by atoms with E-state index in [1.165, 1.54) is 0 Å². The highest BCUT2D eigenvalue weighted by Crippen LogP contribution is 2.33. The van der Waals surface area contributed by atoms with Gasteiger partial charge in [0.2, 0.25) is 0 Å². The summed E-state index contributed by atoms with van der Waals surface area (Å²) in [4.78, 5) is 5.46. The molecule has 0 saturated carbocycles. The Morgan fingerprint density at radius 3 is 2.88 bits per heavy atom. The molecule has 1 aliphatic heterocycles. The van der Waals surface area contributed by atoms with Crippen molar-refractivity contribution in [2.24, 2.45) is 5.50 Å². The van der Waals surface area contributed by atoms with Crippen LogP contribution in [0.5, 0.6) is 0 Å². The summed E-state index contributed by atoms with van der Waals surface area (Å²) in [5.41, 5.74) is 5.39. The molecule has 1 fully saturated rings. The van der Waals surface area contributed by atoms with Gasteiger partial charge in [-0.25, -0.2) is 0 Å². The highest BCUT2D eigenvalue weighted by atomic mass is 31.1. The summed E-state index contributed by atoms with van der Waals surface area (Å²) in [6, 6.07) is 0. The van der Waals surface area contributed by atoms with Crippen molar-refractivity contribution in [3.63, 3.8) is 0 Å². The number of hydrogen-bond donors (Lipinski definition) is 2. The molecule has 1 atom stereocenters. The Hall–Kier alpha value is 0.270. The smallest absolute Gasteiger partial charge is 0.0934 e. The maximum absolute atomic E-state index is 8.69. The van der Waals surface area contributed by atoms with Gasteiger partial charge in [0.05, 0.1) is 14.8 Å². The van der Waals surface area contributed by atoms with E-state index in [1.54, 1.807) is 0 Å². The minimum absolute atomic E-state index is 0.590. The first-order valence-corrected chi connectivity index (χ1v) is 3.99. The van der Waals surface area contributed by atoms with Crippen molar-refractivity contribution in [2.75, 3.05) is 12.8 Å². The molecule has 0 spiro atoms. The number of hydrogen-bond acceptors (Lipinski definition) is 4. The minimum Gasteiger partial charge on any atom is -0.294 e. The van der Waals surface area contributed by atoms with Gasteiger partial charge in [-0.1, -0.05) is 0 Å². The third-order valence-electron chi connectivity index (χ3n) is 0.958. The topological polar surface area (TPSA) is 58.7 Å². The van der Waals surface area contributed by atoms with Gasteiger partial charge in [0.15, 0.2) is 0 Å². The molecule has 1 rings (SSSR count). The van der Waals surface area contributed by atoms with Crippen molar-refractivity contribution in [2.45, 2.75) is 6.42 Å². The molecule has 0 amide bonds. The highest BCUT2D eigenvalue weighted by Gasteiger charge is 2.16. The van der Waals surface area contributed by atoms with Crippen LogP contribution in [0.25, 0.3) is 0 Å². The van der Waals surface area contributed by atoms with Crippen LogP contribution in [-0.4, -0.2) is 23.0 Å². The van der Waals surface area contributed by atoms with Crippen molar-refractivity contribution >= 4 is 8.22 Å². The maximum atomic E-state index is 8.69. The molecule has 3 N–H and O–H groups in total. The predicted molar refractivity (Wildman–Crippen MR) is 30.2 cm³/mol. The molecular formula is C3H9N2O2P. The highest BCUT2D eigenvalue weighted by molar-refractivity contribution is 7.52. The van der Waals surface area contributed by atoms with Gasteiger partial charge < -0.3 is 0 Å². The van der Waals surface area contributed by atoms with E-state index in [2.05, 4.69) is 4.84 Å². The van der Waals surface area contributed by atoms with Crippen LogP contribution < -0.4 is 5.50 Å². The lowest BCUT2D eigenvalue weighted by molar-refractivity contribution is -0.271. The van der Waals surface area contributed by atoms with Crippen LogP contribution in [0.1, 0.15) is 6.42 Å². The first kappa shape index (κ1) is 6.39. The molecule has 1 saturated heterocycles. The Labute approximate surface area is 49.0 Å². The van der Waals surface area contributed by atoms with Crippen LogP contribution in [-0.2, 0) is 4.84 Å². The van der Waals surface area contributed by atoms with Crippen molar-refractivity contribution in [3.8, 4) is 0 Å². The first-order chi connectivity index (χ1) is 3.80. The van der Waals surface area contributed by atoms with E-state index in [9.17, 15) is 0 Å². The molecule has 5 heteroatoms. The molecule has 0 aromatic rings. The van der Waals surface area contributed by atoms with Gasteiger partial charge in [-0.15, -0.1) is 0 Å². The molecule has 1 aliphatic rings. The van der Waals surface area contributed by atoms with E-state index in [0.717, 1.165) is 17.6 Å². The molecule has 1 heterocycles. The maximum Gasteiger partial charge on any atom is 0.0934 e. The van der Waals surface area contributed by atoms with E-state index < -0.39 is 8.22 Å². The van der Waals surface area contributed by atoms with Gasteiger partial charge in [0.25, 0.3) is 0 Å². The van der Waals surface area contributed by atoms with Crippen LogP contribution >= 0.6 is 8.22 Å². The average Bonchev–Trinajstić information content (AvgIpc) is 1.77. The zero-order valence-electron chi connectivity index (χ0n) is 4.45. The summed E-state index contributed by atoms with van der Waals surface area (Å²) in [6.07, 6.45) is 1.82. The van der Waals surface area contributed by atoms with Crippen LogP contribution in [0.2, 0.25) is 0 Å². The monoisotopic (exact) mass is 136 g/mol. The van der Waals surface area contributed by atoms with E-state index >= 15 is 0 Å². The molecule has 0 aliphatic carbocycles. The Kier molecular flexibility index (Phi) is 2.16. The summed E-state index contributed by atoms with van der Waals surface area (Å²) in [7, 11) is -0.886. The third kappa shape index (κ3) is 1.37. The molecule has 48 valence electrons. The van der Waals surface area contributed by atoms with Gasteiger partial charge >= 0.3 is 0 Å². The molecule has 0 radical (unpaired) electrons. The second-order valence-electron chi connectivity index (χ2n) is 1.60. The summed E-state index contributed by atoms with van der Waals surface area (Å²) < 4.78 is 0. The average molecular weight is 136 g/mol. The zero-order valence-corrected chi connectivity index (χ0v) is 5.34. The van der Waals surface area contributed by atoms with E-state index in [4.69, 9.17) is 10.7 Å². The third-order valence-corrected chi connectivity index (χ3v) is 2.29. The van der Waals surface area contributed by atoms with Gasteiger partial charge in [-0.2, -0.15) is 0 Å². The lowest BCUT2D eigenvalue weighted by Crippen LogP contribution is -2.25. The van der Waals surface area contributed by atoms with Crippen LogP contribution in [0.3, 0.4) is 0 Å². The van der Waals surface area contributed by atoms with E-state index in [-0.39, 0.29) is 0 Å². The Morgan fingerprint density at radius 2 is 2.50 bits per heavy atom. The second-order valence-corrected chi connectivity index (χ2v) is 3.27. The van der Waals surface area contributed by atoms with E-state index in [1.807, 2.05) is 0 Å². The van der Waals surface area contributed by atoms with Crippen molar-refractivity contribution in [1.29, 1.82) is 0 Å². The summed E-state index contributed by atoms with van der Waals surface area (Å²) in [6.45, 7) is 0.590. The van der Waals surface area contributed by atoms with Gasteiger partial charge in [0.1, 0.15) is 0 Å². The summed E-state index contributed by atoms with van der Waals surface area (Å²) in [5, 5.41) is 8.69. The van der Waals surface area contributed by atoms with Crippen LogP contribution in [0, 0.1) is 0 Å². The first-order valence-electron chi connectivity index (χ1n) is 2.45. The minimum atomic E-state index is -0.886. The molecular weight excluding hydrogens is 127 g/mol. The van der Waals surface area contributed by atoms with Crippen molar-refractivity contribution in [1.82, 2.24) is 5.00 Å². The van der Waals surface area contributed by atoms with Gasteiger partial charge in [-0.3, -0.25) is 15.5 Å². The van der Waals surface area contributed by atoms with Crippen LogP contribution in [0.15, 0.2) is 0 Å². The van der Waals surface area contributed by atoms with Crippen molar-refractivity contribution < 1.29 is 10.0 Å². The molecule has 0 bridgehead atoms. The molecule has 4 nitrogen and oxygen atoms in total. The number of nitrogens with two attached hydrogens (primary N) is 1. The van der Waals surface area contributed by atoms with E-state index in [0.29, 0.717) is 6.61 Å². The zero-order chi connectivity index (χ0) is 5.98. The fourth-order valence-corrected chi connectivity index (χ4v) is 1.39. The van der Waals surface area contributed by atoms with Gasteiger partial charge in [-0.05, 0) is 11.4 Å². The summed E-state index contributed by atoms with van der Waals surface area (Å²) in [5.74, 6) is 0. The number of rotatable bonds is 0. The normalized spacial score (nSPS) is 33.0. The molecule has 8 heavy (non-hydrogen) atoms. The summed E-state index contributed by atoms with van der Waals surface area (Å²) >= 11 is 0. The lowest BCUT2D eigenvalue weighted by Gasteiger charge is -2.24.